The topological polar surface area (TPSA) is 72.7 Å². The van der Waals surface area contributed by atoms with Gasteiger partial charge in [0.1, 0.15) is 0 Å². The molecular formula is C18H14Br3N5OS. The fourth-order valence-electron chi connectivity index (χ4n) is 2.37. The first-order valence-electron chi connectivity index (χ1n) is 8.01. The van der Waals surface area contributed by atoms with E-state index in [0.29, 0.717) is 23.2 Å². The molecule has 0 aliphatic rings. The van der Waals surface area contributed by atoms with Gasteiger partial charge in [-0.3, -0.25) is 14.3 Å². The highest BCUT2D eigenvalue weighted by Crippen LogP contribution is 2.34. The van der Waals surface area contributed by atoms with Crippen LogP contribution in [0.5, 0.6) is 0 Å². The molecule has 0 saturated carbocycles. The Bertz CT molecular complexity index is 987. The number of carbonyl (C=O) groups is 1. The number of carbonyl (C=O) groups excluding carboxylic acids is 1. The molecule has 1 amide bonds. The Labute approximate surface area is 191 Å². The minimum absolute atomic E-state index is 0.146. The first kappa shape index (κ1) is 21.2. The third kappa shape index (κ3) is 5.11. The van der Waals surface area contributed by atoms with E-state index in [2.05, 4.69) is 74.9 Å². The highest BCUT2D eigenvalue weighted by Gasteiger charge is 2.16. The molecule has 0 aliphatic heterocycles. The van der Waals surface area contributed by atoms with Gasteiger partial charge in [-0.15, -0.1) is 16.8 Å². The number of halogens is 3. The van der Waals surface area contributed by atoms with E-state index in [4.69, 9.17) is 0 Å². The van der Waals surface area contributed by atoms with Crippen molar-refractivity contribution in [2.75, 3.05) is 11.1 Å². The van der Waals surface area contributed by atoms with Crippen LogP contribution < -0.4 is 5.32 Å². The van der Waals surface area contributed by atoms with Crippen molar-refractivity contribution in [1.29, 1.82) is 0 Å². The van der Waals surface area contributed by atoms with Crippen molar-refractivity contribution >= 4 is 71.1 Å². The summed E-state index contributed by atoms with van der Waals surface area (Å²) < 4.78 is 4.38. The molecule has 1 N–H and O–H groups in total. The number of anilines is 1. The standard InChI is InChI=1S/C18H14Br3N5OS/c1-2-7-26-17(11-3-5-22-6-4-11)24-25-18(26)28-10-15(27)23-16-13(20)8-12(19)9-14(16)21/h2-6,8-9H,1,7,10H2,(H,23,27). The first-order chi connectivity index (χ1) is 13.5. The zero-order chi connectivity index (χ0) is 20.1. The van der Waals surface area contributed by atoms with Crippen LogP contribution in [0, 0.1) is 0 Å². The summed E-state index contributed by atoms with van der Waals surface area (Å²) in [6.07, 6.45) is 5.18. The summed E-state index contributed by atoms with van der Waals surface area (Å²) in [6.45, 7) is 4.34. The molecule has 0 saturated heterocycles. The highest BCUT2D eigenvalue weighted by atomic mass is 79.9. The van der Waals surface area contributed by atoms with Crippen LogP contribution >= 0.6 is 59.6 Å². The fraction of sp³-hybridized carbons (Fsp3) is 0.111. The van der Waals surface area contributed by atoms with Crippen LogP contribution in [0.1, 0.15) is 0 Å². The van der Waals surface area contributed by atoms with Gasteiger partial charge in [0.05, 0.1) is 11.4 Å². The number of nitrogens with zero attached hydrogens (tertiary/aromatic N) is 4. The largest absolute Gasteiger partial charge is 0.323 e. The number of aromatic nitrogens is 4. The summed E-state index contributed by atoms with van der Waals surface area (Å²) in [4.78, 5) is 16.5. The quantitative estimate of drug-likeness (QED) is 0.290. The van der Waals surface area contributed by atoms with Crippen LogP contribution in [0.25, 0.3) is 11.4 Å². The molecule has 1 aromatic carbocycles. The van der Waals surface area contributed by atoms with Gasteiger partial charge in [-0.25, -0.2) is 0 Å². The molecular weight excluding hydrogens is 574 g/mol. The number of benzene rings is 1. The molecule has 0 atom stereocenters. The van der Waals surface area contributed by atoms with E-state index in [9.17, 15) is 4.79 Å². The van der Waals surface area contributed by atoms with Gasteiger partial charge in [0.15, 0.2) is 11.0 Å². The Morgan fingerprint density at radius 3 is 2.50 bits per heavy atom. The van der Waals surface area contributed by atoms with Crippen molar-refractivity contribution in [3.05, 3.63) is 62.7 Å². The van der Waals surface area contributed by atoms with E-state index in [-0.39, 0.29) is 11.7 Å². The van der Waals surface area contributed by atoms with E-state index in [1.165, 1.54) is 11.8 Å². The second-order valence-electron chi connectivity index (χ2n) is 5.52. The number of hydrogen-bond acceptors (Lipinski definition) is 5. The lowest BCUT2D eigenvalue weighted by atomic mass is 10.2. The number of pyridine rings is 1. The van der Waals surface area contributed by atoms with Gasteiger partial charge in [0.2, 0.25) is 5.91 Å². The number of hydrogen-bond donors (Lipinski definition) is 1. The lowest BCUT2D eigenvalue weighted by Crippen LogP contribution is -2.15. The van der Waals surface area contributed by atoms with Gasteiger partial charge in [-0.05, 0) is 56.1 Å². The van der Waals surface area contributed by atoms with Gasteiger partial charge in [-0.1, -0.05) is 33.8 Å². The zero-order valence-corrected chi connectivity index (χ0v) is 20.0. The van der Waals surface area contributed by atoms with Gasteiger partial charge >= 0.3 is 0 Å². The highest BCUT2D eigenvalue weighted by molar-refractivity contribution is 9.11. The number of allylic oxidation sites excluding steroid dienone is 1. The summed E-state index contributed by atoms with van der Waals surface area (Å²) in [6, 6.07) is 7.48. The Kier molecular flexibility index (Phi) is 7.44. The number of nitrogens with one attached hydrogen (secondary N) is 1. The minimum Gasteiger partial charge on any atom is -0.323 e. The second-order valence-corrected chi connectivity index (χ2v) is 9.09. The van der Waals surface area contributed by atoms with Gasteiger partial charge in [-0.2, -0.15) is 0 Å². The van der Waals surface area contributed by atoms with E-state index in [1.807, 2.05) is 28.8 Å². The maximum atomic E-state index is 12.4. The Hall–Kier alpha value is -1.49. The lowest BCUT2D eigenvalue weighted by molar-refractivity contribution is -0.113. The van der Waals surface area contributed by atoms with Crippen molar-refractivity contribution < 1.29 is 4.79 Å². The van der Waals surface area contributed by atoms with Crippen LogP contribution in [0.2, 0.25) is 0 Å². The molecule has 28 heavy (non-hydrogen) atoms. The van der Waals surface area contributed by atoms with Gasteiger partial charge in [0, 0.05) is 37.9 Å². The van der Waals surface area contributed by atoms with Crippen LogP contribution in [0.4, 0.5) is 5.69 Å². The SMILES string of the molecule is C=CCn1c(SCC(=O)Nc2c(Br)cc(Br)cc2Br)nnc1-c1ccncc1. The van der Waals surface area contributed by atoms with E-state index >= 15 is 0 Å². The molecule has 10 heteroatoms. The van der Waals surface area contributed by atoms with Crippen LogP contribution in [-0.4, -0.2) is 31.4 Å². The van der Waals surface area contributed by atoms with Crippen molar-refractivity contribution in [3.63, 3.8) is 0 Å². The minimum atomic E-state index is -0.146. The van der Waals surface area contributed by atoms with Crippen molar-refractivity contribution in [2.45, 2.75) is 11.7 Å². The summed E-state index contributed by atoms with van der Waals surface area (Å²) in [5.74, 6) is 0.761. The first-order valence-corrected chi connectivity index (χ1v) is 11.4. The average molecular weight is 588 g/mol. The van der Waals surface area contributed by atoms with Crippen molar-refractivity contribution in [1.82, 2.24) is 19.7 Å². The molecule has 3 rings (SSSR count). The van der Waals surface area contributed by atoms with E-state index < -0.39 is 0 Å². The van der Waals surface area contributed by atoms with Gasteiger partial charge < -0.3 is 5.32 Å². The molecule has 0 aliphatic carbocycles. The molecule has 0 unspecified atom stereocenters. The number of thioether (sulfide) groups is 1. The number of amides is 1. The maximum absolute atomic E-state index is 12.4. The summed E-state index contributed by atoms with van der Waals surface area (Å²) in [5.41, 5.74) is 1.59. The molecule has 2 aromatic heterocycles. The summed E-state index contributed by atoms with van der Waals surface area (Å²) in [7, 11) is 0. The Morgan fingerprint density at radius 2 is 1.86 bits per heavy atom. The predicted octanol–water partition coefficient (Wildman–Crippen LogP) is 5.54. The summed E-state index contributed by atoms with van der Waals surface area (Å²) >= 11 is 11.7. The lowest BCUT2D eigenvalue weighted by Gasteiger charge is -2.11. The van der Waals surface area contributed by atoms with E-state index in [0.717, 1.165) is 19.0 Å². The van der Waals surface area contributed by atoms with Crippen molar-refractivity contribution in [3.8, 4) is 11.4 Å². The molecule has 6 nitrogen and oxygen atoms in total. The molecule has 0 fully saturated rings. The molecule has 0 spiro atoms. The predicted molar refractivity (Wildman–Crippen MR) is 122 cm³/mol. The fourth-order valence-corrected chi connectivity index (χ4v) is 5.58. The summed E-state index contributed by atoms with van der Waals surface area (Å²) in [5, 5.41) is 12.1. The maximum Gasteiger partial charge on any atom is 0.234 e. The van der Waals surface area contributed by atoms with Crippen LogP contribution in [0.15, 0.2) is 67.9 Å². The normalized spacial score (nSPS) is 10.7. The average Bonchev–Trinajstić information content (AvgIpc) is 3.07. The molecule has 2 heterocycles. The third-order valence-corrected chi connectivity index (χ3v) is 6.25. The van der Waals surface area contributed by atoms with Crippen molar-refractivity contribution in [2.24, 2.45) is 0 Å². The molecule has 0 bridgehead atoms. The second kappa shape index (κ2) is 9.82. The Balaban J connectivity index is 1.73. The molecule has 0 radical (unpaired) electrons. The molecule has 144 valence electrons. The van der Waals surface area contributed by atoms with Gasteiger partial charge in [0.25, 0.3) is 0 Å². The van der Waals surface area contributed by atoms with Crippen LogP contribution in [0.3, 0.4) is 0 Å². The number of rotatable bonds is 7. The smallest absolute Gasteiger partial charge is 0.234 e. The third-order valence-electron chi connectivity index (χ3n) is 3.57. The Morgan fingerprint density at radius 1 is 1.18 bits per heavy atom. The zero-order valence-electron chi connectivity index (χ0n) is 14.4. The monoisotopic (exact) mass is 585 g/mol. The van der Waals surface area contributed by atoms with Crippen LogP contribution in [-0.2, 0) is 11.3 Å². The molecule has 3 aromatic rings. The van der Waals surface area contributed by atoms with E-state index in [1.54, 1.807) is 18.5 Å².